The van der Waals surface area contributed by atoms with Gasteiger partial charge in [0.05, 0.1) is 11.4 Å². The molecule has 8 heteroatoms. The fraction of sp³-hybridized carbons (Fsp3) is 0.179. The molecule has 1 aliphatic rings. The standard InChI is InChI=1S/C28H23NO7/c1-16-25(31)20-9-6-10-21(27(20)36-26(16)18-7-4-3-5-8-18)28(32)33-14-24(30)29-17(2)19-11-12-22-23(13-19)35-15-34-22/h3-13,17H,14-15H2,1-2H3,(H,29,30)/t17-/m0/s1. The summed E-state index contributed by atoms with van der Waals surface area (Å²) in [6.45, 7) is 3.16. The second-order valence-electron chi connectivity index (χ2n) is 8.41. The van der Waals surface area contributed by atoms with E-state index >= 15 is 0 Å². The van der Waals surface area contributed by atoms with Crippen LogP contribution >= 0.6 is 0 Å². The van der Waals surface area contributed by atoms with Gasteiger partial charge in [0.2, 0.25) is 6.79 Å². The lowest BCUT2D eigenvalue weighted by Crippen LogP contribution is -2.31. The molecule has 8 nitrogen and oxygen atoms in total. The first-order valence-electron chi connectivity index (χ1n) is 11.4. The van der Waals surface area contributed by atoms with Crippen LogP contribution in [-0.4, -0.2) is 25.3 Å². The quantitative estimate of drug-likeness (QED) is 0.400. The van der Waals surface area contributed by atoms with E-state index in [4.69, 9.17) is 18.6 Å². The molecule has 5 rings (SSSR count). The number of benzene rings is 3. The van der Waals surface area contributed by atoms with Crippen LogP contribution in [-0.2, 0) is 9.53 Å². The van der Waals surface area contributed by atoms with E-state index in [0.29, 0.717) is 28.4 Å². The van der Waals surface area contributed by atoms with Crippen LogP contribution in [0.3, 0.4) is 0 Å². The Hall–Kier alpha value is -4.59. The number of hydrogen-bond donors (Lipinski definition) is 1. The van der Waals surface area contributed by atoms with E-state index in [9.17, 15) is 14.4 Å². The number of amides is 1. The van der Waals surface area contributed by atoms with Crippen molar-refractivity contribution < 1.29 is 28.2 Å². The normalized spacial score (nSPS) is 12.8. The maximum atomic E-state index is 13.0. The van der Waals surface area contributed by atoms with Gasteiger partial charge in [-0.05, 0) is 43.7 Å². The fourth-order valence-corrected chi connectivity index (χ4v) is 4.09. The molecular weight excluding hydrogens is 462 g/mol. The second kappa shape index (κ2) is 9.58. The minimum Gasteiger partial charge on any atom is -0.455 e. The molecule has 182 valence electrons. The zero-order valence-corrected chi connectivity index (χ0v) is 19.7. The second-order valence-corrected chi connectivity index (χ2v) is 8.41. The Kier molecular flexibility index (Phi) is 6.16. The van der Waals surface area contributed by atoms with Crippen LogP contribution in [0.5, 0.6) is 11.5 Å². The maximum absolute atomic E-state index is 13.0. The molecule has 0 radical (unpaired) electrons. The zero-order chi connectivity index (χ0) is 25.2. The summed E-state index contributed by atoms with van der Waals surface area (Å²) in [5.74, 6) is 0.401. The largest absolute Gasteiger partial charge is 0.455 e. The highest BCUT2D eigenvalue weighted by Crippen LogP contribution is 2.34. The average Bonchev–Trinajstić information content (AvgIpc) is 3.37. The van der Waals surface area contributed by atoms with Gasteiger partial charge in [0.15, 0.2) is 29.1 Å². The molecule has 0 saturated carbocycles. The summed E-state index contributed by atoms with van der Waals surface area (Å²) in [6.07, 6.45) is 0. The van der Waals surface area contributed by atoms with Crippen molar-refractivity contribution in [3.05, 3.63) is 93.6 Å². The van der Waals surface area contributed by atoms with Gasteiger partial charge in [-0.15, -0.1) is 0 Å². The predicted octanol–water partition coefficient (Wildman–Crippen LogP) is 4.53. The molecule has 1 aliphatic heterocycles. The molecule has 0 saturated heterocycles. The Morgan fingerprint density at radius 3 is 2.58 bits per heavy atom. The van der Waals surface area contributed by atoms with Gasteiger partial charge in [0, 0.05) is 11.1 Å². The monoisotopic (exact) mass is 485 g/mol. The average molecular weight is 485 g/mol. The number of hydrogen-bond acceptors (Lipinski definition) is 7. The number of rotatable bonds is 6. The highest BCUT2D eigenvalue weighted by atomic mass is 16.7. The van der Waals surface area contributed by atoms with E-state index in [1.165, 1.54) is 6.07 Å². The van der Waals surface area contributed by atoms with Gasteiger partial charge in [0.25, 0.3) is 5.91 Å². The summed E-state index contributed by atoms with van der Waals surface area (Å²) in [4.78, 5) is 38.4. The lowest BCUT2D eigenvalue weighted by atomic mass is 10.0. The lowest BCUT2D eigenvalue weighted by Gasteiger charge is -2.15. The van der Waals surface area contributed by atoms with E-state index in [1.54, 1.807) is 31.2 Å². The van der Waals surface area contributed by atoms with Crippen molar-refractivity contribution in [1.82, 2.24) is 5.32 Å². The van der Waals surface area contributed by atoms with Crippen LogP contribution in [0.1, 0.15) is 34.5 Å². The van der Waals surface area contributed by atoms with Crippen molar-refractivity contribution in [2.75, 3.05) is 13.4 Å². The number of ether oxygens (including phenoxy) is 3. The molecule has 0 bridgehead atoms. The highest BCUT2D eigenvalue weighted by molar-refractivity contribution is 6.02. The first-order valence-corrected chi connectivity index (χ1v) is 11.4. The Morgan fingerprint density at radius 2 is 1.78 bits per heavy atom. The van der Waals surface area contributed by atoms with Gasteiger partial charge in [-0.25, -0.2) is 4.79 Å². The third-order valence-corrected chi connectivity index (χ3v) is 6.01. The number of para-hydroxylation sites is 1. The van der Waals surface area contributed by atoms with E-state index in [0.717, 1.165) is 5.56 Å². The topological polar surface area (TPSA) is 104 Å². The van der Waals surface area contributed by atoms with Gasteiger partial charge in [-0.1, -0.05) is 42.5 Å². The summed E-state index contributed by atoms with van der Waals surface area (Å²) >= 11 is 0. The van der Waals surface area contributed by atoms with Crippen molar-refractivity contribution in [3.63, 3.8) is 0 Å². The summed E-state index contributed by atoms with van der Waals surface area (Å²) in [7, 11) is 0. The predicted molar refractivity (Wildman–Crippen MR) is 132 cm³/mol. The van der Waals surface area contributed by atoms with Gasteiger partial charge in [-0.2, -0.15) is 0 Å². The Morgan fingerprint density at radius 1 is 1.00 bits per heavy atom. The SMILES string of the molecule is Cc1c(-c2ccccc2)oc2c(C(=O)OCC(=O)N[C@@H](C)c3ccc4c(c3)OCO4)cccc2c1=O. The van der Waals surface area contributed by atoms with Crippen molar-refractivity contribution in [2.45, 2.75) is 19.9 Å². The van der Waals surface area contributed by atoms with Crippen LogP contribution in [0.25, 0.3) is 22.3 Å². The van der Waals surface area contributed by atoms with Crippen molar-refractivity contribution in [2.24, 2.45) is 0 Å². The molecular formula is C28H23NO7. The third kappa shape index (κ3) is 4.40. The van der Waals surface area contributed by atoms with Gasteiger partial charge in [-0.3, -0.25) is 9.59 Å². The van der Waals surface area contributed by atoms with E-state index < -0.39 is 18.5 Å². The molecule has 1 N–H and O–H groups in total. The first kappa shape index (κ1) is 23.2. The third-order valence-electron chi connectivity index (χ3n) is 6.01. The van der Waals surface area contributed by atoms with Crippen molar-refractivity contribution in [1.29, 1.82) is 0 Å². The van der Waals surface area contributed by atoms with Gasteiger partial charge < -0.3 is 23.9 Å². The van der Waals surface area contributed by atoms with Gasteiger partial charge in [0.1, 0.15) is 11.3 Å². The smallest absolute Gasteiger partial charge is 0.342 e. The Balaban J connectivity index is 1.32. The molecule has 2 heterocycles. The van der Waals surface area contributed by atoms with Crippen molar-refractivity contribution in [3.8, 4) is 22.8 Å². The number of fused-ring (bicyclic) bond motifs is 2. The highest BCUT2D eigenvalue weighted by Gasteiger charge is 2.21. The molecule has 1 atom stereocenters. The Bertz CT molecular complexity index is 1520. The fourth-order valence-electron chi connectivity index (χ4n) is 4.09. The summed E-state index contributed by atoms with van der Waals surface area (Å²) < 4.78 is 22.0. The maximum Gasteiger partial charge on any atom is 0.342 e. The molecule has 0 aliphatic carbocycles. The van der Waals surface area contributed by atoms with E-state index in [1.807, 2.05) is 43.3 Å². The number of carbonyl (C=O) groups is 2. The Labute approximate surface area is 206 Å². The van der Waals surface area contributed by atoms with E-state index in [2.05, 4.69) is 5.32 Å². The summed E-state index contributed by atoms with van der Waals surface area (Å²) in [6, 6.07) is 18.9. The summed E-state index contributed by atoms with van der Waals surface area (Å²) in [5.41, 5.74) is 1.92. The number of nitrogens with one attached hydrogen (secondary N) is 1. The van der Waals surface area contributed by atoms with Crippen LogP contribution in [0, 0.1) is 6.92 Å². The molecule has 1 aromatic heterocycles. The molecule has 36 heavy (non-hydrogen) atoms. The first-order chi connectivity index (χ1) is 17.4. The minimum absolute atomic E-state index is 0.0680. The minimum atomic E-state index is -0.766. The van der Waals surface area contributed by atoms with Crippen LogP contribution in [0.2, 0.25) is 0 Å². The summed E-state index contributed by atoms with van der Waals surface area (Å²) in [5, 5.41) is 3.06. The molecule has 1 amide bonds. The number of esters is 1. The molecule has 0 fully saturated rings. The number of carbonyl (C=O) groups excluding carboxylic acids is 2. The molecule has 3 aromatic carbocycles. The van der Waals surface area contributed by atoms with Crippen molar-refractivity contribution >= 4 is 22.8 Å². The van der Waals surface area contributed by atoms with Crippen LogP contribution in [0.15, 0.2) is 75.9 Å². The van der Waals surface area contributed by atoms with Gasteiger partial charge >= 0.3 is 5.97 Å². The lowest BCUT2D eigenvalue weighted by molar-refractivity contribution is -0.124. The molecule has 4 aromatic rings. The molecule has 0 unspecified atom stereocenters. The van der Waals surface area contributed by atoms with Crippen LogP contribution in [0.4, 0.5) is 0 Å². The zero-order valence-electron chi connectivity index (χ0n) is 19.7. The molecule has 0 spiro atoms. The van der Waals surface area contributed by atoms with E-state index in [-0.39, 0.29) is 34.8 Å². The van der Waals surface area contributed by atoms with Crippen LogP contribution < -0.4 is 20.2 Å².